The van der Waals surface area contributed by atoms with E-state index in [1.165, 1.54) is 33.5 Å². The Bertz CT molecular complexity index is 2300. The minimum atomic E-state index is -4.10. The molecule has 0 unspecified atom stereocenters. The molecule has 0 atom stereocenters. The number of nitrogens with one attached hydrogen (secondary N) is 1. The lowest BCUT2D eigenvalue weighted by atomic mass is 9.92. The number of anilines is 2. The standard InChI is InChI=1S/C18H17FN4O2S.C14H20ClNO2.C8H11Cl2NO.C3H8NO5P/c1-4-5-22-13-7-12(11(19)6-14(13)25-9-16(22)24)20-17-23-10-18(2,3)8-15(23)21-26-17;1-4-11-7-6-8-12(5-2)14(11)16(10-18-3)13(17)9-15;1-3-5-11(6-4-2)8(12)7(9)10;5-3(6)1-4-2-10(7,8)9/h1,6-7H,5,8-10H2,2-3H3;6-8H,4-5,9-10H2,1-3H3;3-4,7H,1-2,5-6H2;4H,1-2H2,(H,5,6)(H2,7,8,9)/b20-17-;;;. The number of carbonyl (C=O) groups excluding carboxylic acids is 3. The SMILES string of the molecule is C#CCN1C(=O)COc2cc(F)c(/N=c3\snc4n3CC(C)(C)C4)cc21.C=CCN(CC=C)C(=O)C(Cl)Cl.CCc1cccc(CC)c1N(COC)C(=O)CCl.O=C(O)CNCP(=O)(O)O. The number of nitrogens with zero attached hydrogens (tertiary/aromatic N) is 6. The van der Waals surface area contributed by atoms with Crippen LogP contribution in [0.1, 0.15) is 44.6 Å². The zero-order valence-corrected chi connectivity index (χ0v) is 41.3. The highest BCUT2D eigenvalue weighted by molar-refractivity contribution is 7.51. The lowest BCUT2D eigenvalue weighted by Crippen LogP contribution is -2.39. The fourth-order valence-corrected chi connectivity index (χ4v) is 7.86. The Morgan fingerprint density at radius 1 is 1.18 bits per heavy atom. The van der Waals surface area contributed by atoms with Gasteiger partial charge in [-0.2, -0.15) is 4.37 Å². The van der Waals surface area contributed by atoms with Crippen LogP contribution in [-0.4, -0.2) is 116 Å². The molecule has 0 fully saturated rings. The highest BCUT2D eigenvalue weighted by Gasteiger charge is 2.31. The number of carboxylic acids is 1. The number of methoxy groups -OCH3 is 1. The Morgan fingerprint density at radius 2 is 1.80 bits per heavy atom. The van der Waals surface area contributed by atoms with E-state index in [4.69, 9.17) is 65.6 Å². The topological polar surface area (TPSA) is 216 Å². The zero-order chi connectivity index (χ0) is 49.8. The molecule has 2 aliphatic heterocycles. The van der Waals surface area contributed by atoms with Crippen molar-refractivity contribution in [2.24, 2.45) is 10.4 Å². The minimum Gasteiger partial charge on any atom is -0.481 e. The van der Waals surface area contributed by atoms with E-state index in [2.05, 4.69) is 61.5 Å². The zero-order valence-electron chi connectivity index (χ0n) is 37.3. The first kappa shape index (κ1) is 57.5. The van der Waals surface area contributed by atoms with Crippen molar-refractivity contribution in [1.29, 1.82) is 0 Å². The number of hydrogen-bond acceptors (Lipinski definition) is 11. The number of amides is 3. The second-order valence-electron chi connectivity index (χ2n) is 14.9. The summed E-state index contributed by atoms with van der Waals surface area (Å²) in [5.74, 6) is 1.29. The molecule has 0 bridgehead atoms. The van der Waals surface area contributed by atoms with Gasteiger partial charge < -0.3 is 33.8 Å². The quantitative estimate of drug-likeness (QED) is 0.0401. The Labute approximate surface area is 403 Å². The van der Waals surface area contributed by atoms with Crippen LogP contribution in [0.5, 0.6) is 5.75 Å². The van der Waals surface area contributed by atoms with Crippen LogP contribution in [-0.2, 0) is 54.3 Å². The third kappa shape index (κ3) is 17.9. The van der Waals surface area contributed by atoms with E-state index in [0.717, 1.165) is 48.4 Å². The number of hydrogen-bond donors (Lipinski definition) is 4. The molecule has 0 saturated carbocycles. The minimum absolute atomic E-state index is 0.0371. The number of fused-ring (bicyclic) bond motifs is 2. The summed E-state index contributed by atoms with van der Waals surface area (Å²) in [6, 6.07) is 8.86. The predicted molar refractivity (Wildman–Crippen MR) is 256 cm³/mol. The number of aryl methyl sites for hydroxylation is 2. The summed E-state index contributed by atoms with van der Waals surface area (Å²) in [5, 5.41) is 10.1. The Kier molecular flexibility index (Phi) is 24.3. The molecule has 362 valence electrons. The van der Waals surface area contributed by atoms with Crippen LogP contribution in [0, 0.1) is 23.6 Å². The van der Waals surface area contributed by atoms with Crippen molar-refractivity contribution >= 4 is 94.7 Å². The monoisotopic (exact) mass is 1020 g/mol. The van der Waals surface area contributed by atoms with Gasteiger partial charge in [0.25, 0.3) is 11.8 Å². The van der Waals surface area contributed by atoms with Gasteiger partial charge in [0.15, 0.2) is 17.3 Å². The second-order valence-corrected chi connectivity index (χ2v) is 18.7. The summed E-state index contributed by atoms with van der Waals surface area (Å²) >= 11 is 17.7. The van der Waals surface area contributed by atoms with Gasteiger partial charge in [-0.15, -0.1) is 31.2 Å². The molecule has 3 heterocycles. The van der Waals surface area contributed by atoms with Crippen LogP contribution < -0.4 is 24.7 Å². The lowest BCUT2D eigenvalue weighted by Gasteiger charge is -2.28. The molecule has 66 heavy (non-hydrogen) atoms. The number of rotatable bonds is 17. The lowest BCUT2D eigenvalue weighted by molar-refractivity contribution is -0.136. The summed E-state index contributed by atoms with van der Waals surface area (Å²) in [4.78, 5) is 69.9. The molecule has 0 radical (unpaired) electrons. The van der Waals surface area contributed by atoms with Gasteiger partial charge in [-0.25, -0.2) is 9.38 Å². The first-order valence-corrected chi connectivity index (χ1v) is 24.1. The molecule has 0 spiro atoms. The smallest absolute Gasteiger partial charge is 0.339 e. The van der Waals surface area contributed by atoms with E-state index >= 15 is 0 Å². The molecular weight excluding hydrogens is 963 g/mol. The van der Waals surface area contributed by atoms with Gasteiger partial charge in [0.2, 0.25) is 10.7 Å². The van der Waals surface area contributed by atoms with Gasteiger partial charge in [-0.1, -0.05) is 87.2 Å². The van der Waals surface area contributed by atoms with Gasteiger partial charge >= 0.3 is 13.6 Å². The molecule has 2 aromatic carbocycles. The van der Waals surface area contributed by atoms with Crippen molar-refractivity contribution in [2.45, 2.75) is 58.3 Å². The van der Waals surface area contributed by atoms with E-state index in [1.807, 2.05) is 22.8 Å². The highest BCUT2D eigenvalue weighted by atomic mass is 35.5. The fraction of sp³-hybridized carbons (Fsp3) is 0.442. The molecule has 0 saturated heterocycles. The summed E-state index contributed by atoms with van der Waals surface area (Å²) in [7, 11) is -2.52. The number of carbonyl (C=O) groups is 4. The number of halogens is 4. The first-order valence-electron chi connectivity index (χ1n) is 20.1. The summed E-state index contributed by atoms with van der Waals surface area (Å²) in [6.45, 7) is 16.9. The predicted octanol–water partition coefficient (Wildman–Crippen LogP) is 6.03. The molecule has 1 aromatic heterocycles. The van der Waals surface area contributed by atoms with E-state index in [9.17, 15) is 28.1 Å². The van der Waals surface area contributed by atoms with Crippen molar-refractivity contribution in [3.8, 4) is 18.1 Å². The van der Waals surface area contributed by atoms with Crippen LogP contribution in [0.25, 0.3) is 0 Å². The number of terminal acetylenes is 1. The van der Waals surface area contributed by atoms with Crippen molar-refractivity contribution in [3.63, 3.8) is 0 Å². The molecule has 17 nitrogen and oxygen atoms in total. The Hall–Kier alpha value is -4.61. The van der Waals surface area contributed by atoms with E-state index < -0.39 is 37.0 Å². The molecule has 3 aromatic rings. The van der Waals surface area contributed by atoms with Crippen LogP contribution >= 0.6 is 53.9 Å². The number of alkyl halides is 3. The highest BCUT2D eigenvalue weighted by Crippen LogP contribution is 2.38. The van der Waals surface area contributed by atoms with E-state index in [0.29, 0.717) is 29.3 Å². The number of aromatic nitrogens is 2. The van der Waals surface area contributed by atoms with Crippen molar-refractivity contribution in [2.75, 3.05) is 68.6 Å². The molecule has 2 aliphatic rings. The molecule has 0 aliphatic carbocycles. The van der Waals surface area contributed by atoms with Crippen LogP contribution in [0.4, 0.5) is 21.5 Å². The first-order chi connectivity index (χ1) is 31.1. The van der Waals surface area contributed by atoms with Gasteiger partial charge in [0, 0.05) is 50.8 Å². The maximum atomic E-state index is 14.5. The van der Waals surface area contributed by atoms with Gasteiger partial charge in [0.05, 0.1) is 30.8 Å². The summed E-state index contributed by atoms with van der Waals surface area (Å²) in [6.07, 6.45) is 10.6. The van der Waals surface area contributed by atoms with Crippen molar-refractivity contribution in [1.82, 2.24) is 19.2 Å². The Balaban J connectivity index is 0.000000327. The molecular formula is C43H56Cl3FN7O10PS. The number of aliphatic carboxylic acids is 1. The summed E-state index contributed by atoms with van der Waals surface area (Å²) in [5.41, 5.74) is 3.92. The summed E-state index contributed by atoms with van der Waals surface area (Å²) < 4.78 is 41.5. The number of benzene rings is 2. The third-order valence-corrected chi connectivity index (χ3v) is 11.1. The fourth-order valence-electron chi connectivity index (χ4n) is 6.28. The Morgan fingerprint density at radius 3 is 2.30 bits per heavy atom. The third-order valence-electron chi connectivity index (χ3n) is 9.13. The van der Waals surface area contributed by atoms with E-state index in [1.54, 1.807) is 24.2 Å². The average molecular weight is 1020 g/mol. The number of ether oxygens (including phenoxy) is 2. The van der Waals surface area contributed by atoms with Crippen LogP contribution in [0.15, 0.2) is 60.6 Å². The number of para-hydroxylation sites is 1. The maximum absolute atomic E-state index is 14.5. The van der Waals surface area contributed by atoms with Crippen molar-refractivity contribution in [3.05, 3.63) is 83.2 Å². The van der Waals surface area contributed by atoms with Gasteiger partial charge in [-0.05, 0) is 35.4 Å². The normalized spacial score (nSPS) is 13.5. The van der Waals surface area contributed by atoms with Crippen molar-refractivity contribution < 1.29 is 52.5 Å². The van der Waals surface area contributed by atoms with E-state index in [-0.39, 0.29) is 54.6 Å². The molecule has 5 rings (SSSR count). The molecule has 3 amide bonds. The number of carboxylic acid groups (broad SMARTS) is 1. The van der Waals surface area contributed by atoms with Crippen LogP contribution in [0.3, 0.4) is 0 Å². The van der Waals surface area contributed by atoms with Gasteiger partial charge in [0.1, 0.15) is 29.9 Å². The van der Waals surface area contributed by atoms with Gasteiger partial charge in [-0.3, -0.25) is 38.9 Å². The maximum Gasteiger partial charge on any atom is 0.339 e. The van der Waals surface area contributed by atoms with Crippen LogP contribution in [0.2, 0.25) is 0 Å². The molecule has 4 N–H and O–H groups in total. The second kappa shape index (κ2) is 27.9. The average Bonchev–Trinajstić information content (AvgIpc) is 3.77. The largest absolute Gasteiger partial charge is 0.481 e. The molecule has 23 heteroatoms.